The maximum atomic E-state index is 12.5. The smallest absolute Gasteiger partial charge is 0.315 e. The second-order valence-corrected chi connectivity index (χ2v) is 6.72. The van der Waals surface area contributed by atoms with Crippen LogP contribution in [0.5, 0.6) is 0 Å². The van der Waals surface area contributed by atoms with Crippen molar-refractivity contribution in [3.8, 4) is 0 Å². The monoisotopic (exact) mass is 310 g/mol. The molecule has 2 fully saturated rings. The van der Waals surface area contributed by atoms with Crippen molar-refractivity contribution in [2.75, 3.05) is 6.61 Å². The molecule has 0 aromatic heterocycles. The number of aliphatic hydroxyl groups is 1. The minimum absolute atomic E-state index is 0.000607. The van der Waals surface area contributed by atoms with Crippen molar-refractivity contribution in [2.24, 2.45) is 5.41 Å². The Morgan fingerprint density at radius 3 is 2.74 bits per heavy atom. The van der Waals surface area contributed by atoms with E-state index in [1.54, 1.807) is 0 Å². The first kappa shape index (κ1) is 14.4. The maximum Gasteiger partial charge on any atom is 0.315 e. The number of fused-ring (bicyclic) bond motifs is 2. The molecule has 0 unspecified atom stereocenters. The van der Waals surface area contributed by atoms with E-state index in [0.29, 0.717) is 19.3 Å². The van der Waals surface area contributed by atoms with Gasteiger partial charge in [-0.05, 0) is 29.2 Å². The van der Waals surface area contributed by atoms with Crippen LogP contribution >= 0.6 is 0 Å². The standard InChI is InChI=1S/C19H18O4/c20-15-8-9-18(17(21)23-12-19(18,22)11-15)10-14-6-3-5-13-4-1-2-7-16(13)14/h1-7,22H,8-12H2/t18-,19+/m1/s1. The lowest BCUT2D eigenvalue weighted by atomic mass is 9.61. The number of ether oxygens (including phenoxy) is 1. The molecule has 4 nitrogen and oxygen atoms in total. The summed E-state index contributed by atoms with van der Waals surface area (Å²) in [5.74, 6) is -0.375. The number of benzene rings is 2. The van der Waals surface area contributed by atoms with Gasteiger partial charge in [-0.15, -0.1) is 0 Å². The maximum absolute atomic E-state index is 12.5. The van der Waals surface area contributed by atoms with Gasteiger partial charge in [-0.2, -0.15) is 0 Å². The molecule has 0 spiro atoms. The Hall–Kier alpha value is -2.20. The first-order chi connectivity index (χ1) is 11.0. The third-order valence-corrected chi connectivity index (χ3v) is 5.42. The summed E-state index contributed by atoms with van der Waals surface area (Å²) in [6.45, 7) is -0.0810. The van der Waals surface area contributed by atoms with E-state index >= 15 is 0 Å². The molecule has 4 heteroatoms. The fourth-order valence-corrected chi connectivity index (χ4v) is 4.07. The molecule has 1 aliphatic heterocycles. The van der Waals surface area contributed by atoms with Crippen molar-refractivity contribution in [3.63, 3.8) is 0 Å². The van der Waals surface area contributed by atoms with Gasteiger partial charge in [0.1, 0.15) is 23.4 Å². The summed E-state index contributed by atoms with van der Waals surface area (Å²) in [6.07, 6.45) is 1.08. The summed E-state index contributed by atoms with van der Waals surface area (Å²) in [7, 11) is 0. The van der Waals surface area contributed by atoms with Gasteiger partial charge in [0.15, 0.2) is 0 Å². The summed E-state index contributed by atoms with van der Waals surface area (Å²) >= 11 is 0. The molecule has 0 amide bonds. The van der Waals surface area contributed by atoms with Crippen molar-refractivity contribution in [3.05, 3.63) is 48.0 Å². The summed E-state index contributed by atoms with van der Waals surface area (Å²) in [5, 5.41) is 13.1. The second kappa shape index (κ2) is 4.90. The highest BCUT2D eigenvalue weighted by atomic mass is 16.6. The van der Waals surface area contributed by atoms with Crippen molar-refractivity contribution in [2.45, 2.75) is 31.3 Å². The fourth-order valence-electron chi connectivity index (χ4n) is 4.07. The average Bonchev–Trinajstić information content (AvgIpc) is 2.80. The van der Waals surface area contributed by atoms with Gasteiger partial charge in [0.2, 0.25) is 0 Å². The number of Topliss-reactive ketones (excluding diaryl/α,β-unsaturated/α-hetero) is 1. The van der Waals surface area contributed by atoms with Gasteiger partial charge in [0.05, 0.1) is 0 Å². The number of ketones is 1. The first-order valence-electron chi connectivity index (χ1n) is 7.92. The van der Waals surface area contributed by atoms with Gasteiger partial charge in [0, 0.05) is 12.8 Å². The topological polar surface area (TPSA) is 63.6 Å². The minimum atomic E-state index is -1.38. The van der Waals surface area contributed by atoms with E-state index in [4.69, 9.17) is 4.74 Å². The molecular weight excluding hydrogens is 292 g/mol. The van der Waals surface area contributed by atoms with Crippen LogP contribution in [0.2, 0.25) is 0 Å². The molecule has 23 heavy (non-hydrogen) atoms. The Balaban J connectivity index is 1.82. The lowest BCUT2D eigenvalue weighted by Crippen LogP contribution is -2.54. The number of carbonyl (C=O) groups excluding carboxylic acids is 2. The molecule has 2 aromatic carbocycles. The summed E-state index contributed by atoms with van der Waals surface area (Å²) < 4.78 is 5.20. The lowest BCUT2D eigenvalue weighted by molar-refractivity contribution is -0.154. The van der Waals surface area contributed by atoms with Crippen LogP contribution in [0.4, 0.5) is 0 Å². The second-order valence-electron chi connectivity index (χ2n) is 6.72. The molecule has 4 rings (SSSR count). The molecule has 1 aliphatic carbocycles. The van der Waals surface area contributed by atoms with Crippen LogP contribution in [-0.2, 0) is 20.7 Å². The molecule has 1 saturated carbocycles. The molecular formula is C19H18O4. The van der Waals surface area contributed by atoms with Crippen LogP contribution in [0.15, 0.2) is 42.5 Å². The van der Waals surface area contributed by atoms with E-state index in [9.17, 15) is 14.7 Å². The summed E-state index contributed by atoms with van der Waals surface area (Å²) in [6, 6.07) is 14.0. The SMILES string of the molecule is O=C1CC[C@@]2(Cc3cccc4ccccc34)C(=O)OC[C@@]2(O)C1. The number of hydrogen-bond donors (Lipinski definition) is 1. The van der Waals surface area contributed by atoms with Gasteiger partial charge in [-0.1, -0.05) is 42.5 Å². The molecule has 1 saturated heterocycles. The van der Waals surface area contributed by atoms with Crippen LogP contribution in [0, 0.1) is 5.41 Å². The third kappa shape index (κ3) is 2.01. The zero-order chi connectivity index (χ0) is 16.1. The number of hydrogen-bond acceptors (Lipinski definition) is 4. The number of rotatable bonds is 2. The van der Waals surface area contributed by atoms with Crippen molar-refractivity contribution in [1.29, 1.82) is 0 Å². The Morgan fingerprint density at radius 1 is 1.09 bits per heavy atom. The largest absolute Gasteiger partial charge is 0.462 e. The van der Waals surface area contributed by atoms with Crippen molar-refractivity contribution < 1.29 is 19.4 Å². The molecule has 1 N–H and O–H groups in total. The molecule has 118 valence electrons. The molecule has 1 heterocycles. The van der Waals surface area contributed by atoms with Gasteiger partial charge in [-0.25, -0.2) is 0 Å². The van der Waals surface area contributed by atoms with Crippen LogP contribution in [0.3, 0.4) is 0 Å². The third-order valence-electron chi connectivity index (χ3n) is 5.42. The quantitative estimate of drug-likeness (QED) is 0.865. The highest BCUT2D eigenvalue weighted by molar-refractivity contribution is 5.91. The van der Waals surface area contributed by atoms with Crippen LogP contribution < -0.4 is 0 Å². The molecule has 2 aromatic rings. The lowest BCUT2D eigenvalue weighted by Gasteiger charge is -2.41. The van der Waals surface area contributed by atoms with Crippen molar-refractivity contribution in [1.82, 2.24) is 0 Å². The predicted molar refractivity (Wildman–Crippen MR) is 84.9 cm³/mol. The van der Waals surface area contributed by atoms with Crippen LogP contribution in [0.25, 0.3) is 10.8 Å². The first-order valence-corrected chi connectivity index (χ1v) is 7.92. The van der Waals surface area contributed by atoms with E-state index in [1.807, 2.05) is 42.5 Å². The number of cyclic esters (lactones) is 1. The normalized spacial score (nSPS) is 30.3. The minimum Gasteiger partial charge on any atom is -0.462 e. The highest BCUT2D eigenvalue weighted by Crippen LogP contribution is 2.51. The van der Waals surface area contributed by atoms with Crippen molar-refractivity contribution >= 4 is 22.5 Å². The zero-order valence-corrected chi connectivity index (χ0v) is 12.7. The Labute approximate surface area is 134 Å². The Morgan fingerprint density at radius 2 is 1.87 bits per heavy atom. The number of esters is 1. The van der Waals surface area contributed by atoms with E-state index in [1.165, 1.54) is 0 Å². The van der Waals surface area contributed by atoms with E-state index in [2.05, 4.69) is 0 Å². The molecule has 0 radical (unpaired) electrons. The molecule has 2 atom stereocenters. The van der Waals surface area contributed by atoms with Gasteiger partial charge < -0.3 is 9.84 Å². The molecule has 2 aliphatic rings. The summed E-state index contributed by atoms with van der Waals surface area (Å²) in [5.41, 5.74) is -1.38. The van der Waals surface area contributed by atoms with Gasteiger partial charge in [0.25, 0.3) is 0 Å². The van der Waals surface area contributed by atoms with Crippen LogP contribution in [-0.4, -0.2) is 29.1 Å². The molecule has 0 bridgehead atoms. The van der Waals surface area contributed by atoms with Crippen LogP contribution in [0.1, 0.15) is 24.8 Å². The van der Waals surface area contributed by atoms with Gasteiger partial charge in [-0.3, -0.25) is 9.59 Å². The zero-order valence-electron chi connectivity index (χ0n) is 12.7. The Kier molecular flexibility index (Phi) is 3.07. The highest BCUT2D eigenvalue weighted by Gasteiger charge is 2.64. The summed E-state index contributed by atoms with van der Waals surface area (Å²) in [4.78, 5) is 24.3. The van der Waals surface area contributed by atoms with E-state index < -0.39 is 11.0 Å². The number of carbonyl (C=O) groups is 2. The fraction of sp³-hybridized carbons (Fsp3) is 0.368. The predicted octanol–water partition coefficient (Wildman–Crippen LogP) is 2.41. The Bertz CT molecular complexity index is 807. The van der Waals surface area contributed by atoms with Gasteiger partial charge >= 0.3 is 5.97 Å². The average molecular weight is 310 g/mol. The van der Waals surface area contributed by atoms with E-state index in [-0.39, 0.29) is 24.8 Å². The van der Waals surface area contributed by atoms with E-state index in [0.717, 1.165) is 16.3 Å².